The first-order valence-corrected chi connectivity index (χ1v) is 4.40. The molecule has 14 heavy (non-hydrogen) atoms. The Bertz CT molecular complexity index is 325. The molecule has 0 bridgehead atoms. The molecule has 5 nitrogen and oxygen atoms in total. The van der Waals surface area contributed by atoms with E-state index in [9.17, 15) is 4.79 Å². The molecular weight excluding hydrogens is 182 g/mol. The molecule has 5 heteroatoms. The maximum absolute atomic E-state index is 11.5. The number of ether oxygens (including phenoxy) is 1. The highest BCUT2D eigenvalue weighted by molar-refractivity contribution is 5.70. The van der Waals surface area contributed by atoms with Crippen LogP contribution >= 0.6 is 0 Å². The first kappa shape index (κ1) is 10.7. The summed E-state index contributed by atoms with van der Waals surface area (Å²) < 4.78 is 6.30. The van der Waals surface area contributed by atoms with E-state index in [1.807, 2.05) is 0 Å². The summed E-state index contributed by atoms with van der Waals surface area (Å²) in [5, 5.41) is 3.83. The molecule has 1 aromatic rings. The van der Waals surface area contributed by atoms with E-state index in [1.165, 1.54) is 10.9 Å². The van der Waals surface area contributed by atoms with Crippen molar-refractivity contribution in [2.24, 2.45) is 5.73 Å². The molecule has 0 aromatic carbocycles. The van der Waals surface area contributed by atoms with Gasteiger partial charge in [0.25, 0.3) is 0 Å². The van der Waals surface area contributed by atoms with Gasteiger partial charge >= 0.3 is 6.09 Å². The molecule has 0 amide bonds. The van der Waals surface area contributed by atoms with Gasteiger partial charge < -0.3 is 10.5 Å². The van der Waals surface area contributed by atoms with Gasteiger partial charge in [-0.05, 0) is 26.8 Å². The average Bonchev–Trinajstić information content (AvgIpc) is 2.47. The SMILES string of the molecule is CC(C)(C)OC(=O)n1nccc1CN. The van der Waals surface area contributed by atoms with Crippen molar-refractivity contribution >= 4 is 6.09 Å². The predicted molar refractivity (Wildman–Crippen MR) is 51.8 cm³/mol. The molecule has 1 aromatic heterocycles. The maximum Gasteiger partial charge on any atom is 0.435 e. The highest BCUT2D eigenvalue weighted by atomic mass is 16.6. The van der Waals surface area contributed by atoms with E-state index in [1.54, 1.807) is 26.8 Å². The Labute approximate surface area is 82.8 Å². The fraction of sp³-hybridized carbons (Fsp3) is 0.556. The smallest absolute Gasteiger partial charge is 0.435 e. The molecule has 2 N–H and O–H groups in total. The van der Waals surface area contributed by atoms with Crippen LogP contribution in [-0.4, -0.2) is 21.5 Å². The van der Waals surface area contributed by atoms with Gasteiger partial charge in [-0.25, -0.2) is 4.79 Å². The number of nitrogens with zero attached hydrogens (tertiary/aromatic N) is 2. The topological polar surface area (TPSA) is 70.1 Å². The number of nitrogens with two attached hydrogens (primary N) is 1. The molecule has 0 fully saturated rings. The average molecular weight is 197 g/mol. The van der Waals surface area contributed by atoms with Crippen LogP contribution in [0.2, 0.25) is 0 Å². The van der Waals surface area contributed by atoms with Gasteiger partial charge in [0, 0.05) is 12.7 Å². The van der Waals surface area contributed by atoms with E-state index >= 15 is 0 Å². The molecule has 0 aliphatic rings. The zero-order valence-corrected chi connectivity index (χ0v) is 8.65. The van der Waals surface area contributed by atoms with Crippen LogP contribution in [0.1, 0.15) is 26.5 Å². The molecule has 0 aliphatic carbocycles. The number of rotatable bonds is 1. The van der Waals surface area contributed by atoms with E-state index in [2.05, 4.69) is 5.10 Å². The van der Waals surface area contributed by atoms with Crippen LogP contribution in [0.5, 0.6) is 0 Å². The first-order chi connectivity index (χ1) is 6.44. The van der Waals surface area contributed by atoms with E-state index in [-0.39, 0.29) is 6.54 Å². The van der Waals surface area contributed by atoms with Crippen molar-refractivity contribution in [3.63, 3.8) is 0 Å². The fourth-order valence-corrected chi connectivity index (χ4v) is 0.955. The number of carbonyl (C=O) groups excluding carboxylic acids is 1. The van der Waals surface area contributed by atoms with E-state index in [4.69, 9.17) is 10.5 Å². The van der Waals surface area contributed by atoms with Crippen LogP contribution in [0.15, 0.2) is 12.3 Å². The Morgan fingerprint density at radius 1 is 1.64 bits per heavy atom. The Morgan fingerprint density at radius 2 is 2.29 bits per heavy atom. The summed E-state index contributed by atoms with van der Waals surface area (Å²) in [6.45, 7) is 5.67. The monoisotopic (exact) mass is 197 g/mol. The molecular formula is C9H15N3O2. The van der Waals surface area contributed by atoms with Gasteiger partial charge in [-0.2, -0.15) is 9.78 Å². The number of hydrogen-bond donors (Lipinski definition) is 1. The van der Waals surface area contributed by atoms with Gasteiger partial charge in [0.2, 0.25) is 0 Å². The summed E-state index contributed by atoms with van der Waals surface area (Å²) in [7, 11) is 0. The molecule has 0 saturated heterocycles. The van der Waals surface area contributed by atoms with E-state index in [0.717, 1.165) is 0 Å². The Kier molecular flexibility index (Phi) is 2.90. The minimum Gasteiger partial charge on any atom is -0.442 e. The van der Waals surface area contributed by atoms with Crippen molar-refractivity contribution < 1.29 is 9.53 Å². The zero-order valence-electron chi connectivity index (χ0n) is 8.65. The van der Waals surface area contributed by atoms with E-state index < -0.39 is 11.7 Å². The lowest BCUT2D eigenvalue weighted by atomic mass is 10.2. The van der Waals surface area contributed by atoms with Gasteiger partial charge in [0.05, 0.1) is 5.69 Å². The quantitative estimate of drug-likeness (QED) is 0.732. The molecule has 0 aliphatic heterocycles. The van der Waals surface area contributed by atoms with Crippen LogP contribution in [0, 0.1) is 0 Å². The Morgan fingerprint density at radius 3 is 2.79 bits per heavy atom. The normalized spacial score (nSPS) is 11.4. The molecule has 78 valence electrons. The second kappa shape index (κ2) is 3.79. The summed E-state index contributed by atoms with van der Waals surface area (Å²) in [5.41, 5.74) is 5.55. The van der Waals surface area contributed by atoms with Crippen molar-refractivity contribution in [2.75, 3.05) is 0 Å². The van der Waals surface area contributed by atoms with Crippen LogP contribution < -0.4 is 5.73 Å². The van der Waals surface area contributed by atoms with Crippen molar-refractivity contribution in [1.29, 1.82) is 0 Å². The van der Waals surface area contributed by atoms with Crippen molar-refractivity contribution in [2.45, 2.75) is 32.9 Å². The third-order valence-corrected chi connectivity index (χ3v) is 1.50. The van der Waals surface area contributed by atoms with Gasteiger partial charge in [0.1, 0.15) is 5.60 Å². The Hall–Kier alpha value is -1.36. The molecule has 1 rings (SSSR count). The summed E-state index contributed by atoms with van der Waals surface area (Å²) in [6.07, 6.45) is 1.02. The van der Waals surface area contributed by atoms with Gasteiger partial charge in [0.15, 0.2) is 0 Å². The minimum atomic E-state index is -0.519. The summed E-state index contributed by atoms with van der Waals surface area (Å²) in [5.74, 6) is 0. The summed E-state index contributed by atoms with van der Waals surface area (Å²) >= 11 is 0. The molecule has 1 heterocycles. The molecule has 0 atom stereocenters. The third-order valence-electron chi connectivity index (χ3n) is 1.50. The van der Waals surface area contributed by atoms with Gasteiger partial charge in [-0.1, -0.05) is 0 Å². The zero-order chi connectivity index (χ0) is 10.8. The second-order valence-electron chi connectivity index (χ2n) is 3.92. The third kappa shape index (κ3) is 2.56. The van der Waals surface area contributed by atoms with Crippen LogP contribution in [0.25, 0.3) is 0 Å². The minimum absolute atomic E-state index is 0.263. The second-order valence-corrected chi connectivity index (χ2v) is 3.92. The standard InChI is InChI=1S/C9H15N3O2/c1-9(2,3)14-8(13)12-7(6-10)4-5-11-12/h4-5H,6,10H2,1-3H3. The molecule has 0 saturated carbocycles. The molecule has 0 unspecified atom stereocenters. The Balaban J connectivity index is 2.80. The number of carbonyl (C=O) groups is 1. The van der Waals surface area contributed by atoms with Crippen LogP contribution in [-0.2, 0) is 11.3 Å². The molecule has 0 spiro atoms. The largest absolute Gasteiger partial charge is 0.442 e. The molecule has 0 radical (unpaired) electrons. The van der Waals surface area contributed by atoms with E-state index in [0.29, 0.717) is 5.69 Å². The highest BCUT2D eigenvalue weighted by Gasteiger charge is 2.19. The lowest BCUT2D eigenvalue weighted by Crippen LogP contribution is -2.29. The van der Waals surface area contributed by atoms with Gasteiger partial charge in [-0.15, -0.1) is 0 Å². The number of hydrogen-bond acceptors (Lipinski definition) is 4. The van der Waals surface area contributed by atoms with Crippen LogP contribution in [0.4, 0.5) is 4.79 Å². The lowest BCUT2D eigenvalue weighted by Gasteiger charge is -2.19. The van der Waals surface area contributed by atoms with Crippen molar-refractivity contribution in [3.8, 4) is 0 Å². The fourth-order valence-electron chi connectivity index (χ4n) is 0.955. The summed E-state index contributed by atoms with van der Waals surface area (Å²) in [4.78, 5) is 11.5. The van der Waals surface area contributed by atoms with Gasteiger partial charge in [-0.3, -0.25) is 0 Å². The maximum atomic E-state index is 11.5. The van der Waals surface area contributed by atoms with Crippen LogP contribution in [0.3, 0.4) is 0 Å². The predicted octanol–water partition coefficient (Wildman–Crippen LogP) is 1.12. The van der Waals surface area contributed by atoms with Crippen molar-refractivity contribution in [1.82, 2.24) is 9.78 Å². The first-order valence-electron chi connectivity index (χ1n) is 4.40. The lowest BCUT2D eigenvalue weighted by molar-refractivity contribution is 0.0509. The number of aromatic nitrogens is 2. The highest BCUT2D eigenvalue weighted by Crippen LogP contribution is 2.09. The van der Waals surface area contributed by atoms with Crippen molar-refractivity contribution in [3.05, 3.63) is 18.0 Å². The summed E-state index contributed by atoms with van der Waals surface area (Å²) in [6, 6.07) is 1.68.